The molecule has 1 aliphatic heterocycles. The van der Waals surface area contributed by atoms with Crippen molar-refractivity contribution in [2.24, 2.45) is 0 Å². The van der Waals surface area contributed by atoms with Crippen molar-refractivity contribution < 1.29 is 9.53 Å². The maximum absolute atomic E-state index is 12.5. The van der Waals surface area contributed by atoms with Gasteiger partial charge < -0.3 is 15.4 Å². The molecule has 116 valence electrons. The van der Waals surface area contributed by atoms with E-state index in [0.29, 0.717) is 16.3 Å². The Bertz CT molecular complexity index is 496. The van der Waals surface area contributed by atoms with E-state index < -0.39 is 0 Å². The number of carbonyl (C=O) groups is 1. The molecule has 1 heterocycles. The molecule has 1 amide bonds. The molecule has 1 aromatic carbocycles. The van der Waals surface area contributed by atoms with Gasteiger partial charge in [0.15, 0.2) is 0 Å². The number of ether oxygens (including phenoxy) is 1. The lowest BCUT2D eigenvalue weighted by molar-refractivity contribution is 0.0759. The Labute approximate surface area is 130 Å². The van der Waals surface area contributed by atoms with Gasteiger partial charge in [-0.25, -0.2) is 0 Å². The number of nitrogens with zero attached hydrogens (tertiary/aromatic N) is 2. The van der Waals surface area contributed by atoms with Crippen LogP contribution in [-0.4, -0.2) is 62.1 Å². The molecular formula is C15H22ClN3O2. The van der Waals surface area contributed by atoms with Crippen molar-refractivity contribution in [2.75, 3.05) is 52.2 Å². The lowest BCUT2D eigenvalue weighted by Crippen LogP contribution is -2.36. The SMILES string of the molecule is COCCN1CCCN(C(=O)c2ccc(N)c(Cl)c2)CC1. The van der Waals surface area contributed by atoms with Crippen LogP contribution >= 0.6 is 11.6 Å². The average Bonchev–Trinajstić information content (AvgIpc) is 2.73. The number of methoxy groups -OCH3 is 1. The summed E-state index contributed by atoms with van der Waals surface area (Å²) >= 11 is 5.99. The van der Waals surface area contributed by atoms with Crippen LogP contribution in [0.5, 0.6) is 0 Å². The van der Waals surface area contributed by atoms with Gasteiger partial charge in [-0.1, -0.05) is 11.6 Å². The summed E-state index contributed by atoms with van der Waals surface area (Å²) in [4.78, 5) is 16.7. The minimum atomic E-state index is 0.0190. The van der Waals surface area contributed by atoms with E-state index in [4.69, 9.17) is 22.1 Å². The van der Waals surface area contributed by atoms with Gasteiger partial charge in [-0.3, -0.25) is 9.69 Å². The third kappa shape index (κ3) is 4.33. The molecule has 1 saturated heterocycles. The number of rotatable bonds is 4. The molecule has 0 bridgehead atoms. The Kier molecular flexibility index (Phi) is 5.85. The molecule has 0 unspecified atom stereocenters. The Morgan fingerprint density at radius 2 is 2.14 bits per heavy atom. The van der Waals surface area contributed by atoms with Crippen LogP contribution in [0, 0.1) is 0 Å². The zero-order chi connectivity index (χ0) is 15.2. The monoisotopic (exact) mass is 311 g/mol. The maximum atomic E-state index is 12.5. The van der Waals surface area contributed by atoms with Crippen molar-refractivity contribution in [1.29, 1.82) is 0 Å². The van der Waals surface area contributed by atoms with Gasteiger partial charge in [0.25, 0.3) is 5.91 Å². The molecule has 1 fully saturated rings. The summed E-state index contributed by atoms with van der Waals surface area (Å²) in [7, 11) is 1.71. The molecule has 1 aromatic rings. The molecule has 2 N–H and O–H groups in total. The number of nitrogen functional groups attached to an aromatic ring is 1. The van der Waals surface area contributed by atoms with Crippen LogP contribution in [-0.2, 0) is 4.74 Å². The Morgan fingerprint density at radius 3 is 2.86 bits per heavy atom. The van der Waals surface area contributed by atoms with Gasteiger partial charge in [0.2, 0.25) is 0 Å². The molecule has 21 heavy (non-hydrogen) atoms. The lowest BCUT2D eigenvalue weighted by atomic mass is 10.1. The van der Waals surface area contributed by atoms with Crippen molar-refractivity contribution in [1.82, 2.24) is 9.80 Å². The number of amides is 1. The van der Waals surface area contributed by atoms with Crippen LogP contribution < -0.4 is 5.73 Å². The minimum absolute atomic E-state index is 0.0190. The highest BCUT2D eigenvalue weighted by atomic mass is 35.5. The van der Waals surface area contributed by atoms with Crippen molar-refractivity contribution in [2.45, 2.75) is 6.42 Å². The van der Waals surface area contributed by atoms with Gasteiger partial charge in [0, 0.05) is 38.9 Å². The highest BCUT2D eigenvalue weighted by molar-refractivity contribution is 6.33. The van der Waals surface area contributed by atoms with E-state index in [1.165, 1.54) is 0 Å². The van der Waals surface area contributed by atoms with Crippen LogP contribution in [0.2, 0.25) is 5.02 Å². The zero-order valence-electron chi connectivity index (χ0n) is 12.3. The summed E-state index contributed by atoms with van der Waals surface area (Å²) in [6.45, 7) is 5.00. The molecule has 0 saturated carbocycles. The molecule has 6 heteroatoms. The summed E-state index contributed by atoms with van der Waals surface area (Å²) < 4.78 is 5.10. The molecule has 0 spiro atoms. The fourth-order valence-electron chi connectivity index (χ4n) is 2.46. The molecule has 2 rings (SSSR count). The van der Waals surface area contributed by atoms with Crippen LogP contribution in [0.1, 0.15) is 16.8 Å². The number of hydrogen-bond donors (Lipinski definition) is 1. The maximum Gasteiger partial charge on any atom is 0.253 e. The van der Waals surface area contributed by atoms with E-state index in [2.05, 4.69) is 4.90 Å². The first-order valence-electron chi connectivity index (χ1n) is 7.17. The number of benzene rings is 1. The fraction of sp³-hybridized carbons (Fsp3) is 0.533. The van der Waals surface area contributed by atoms with Crippen molar-refractivity contribution in [3.05, 3.63) is 28.8 Å². The smallest absolute Gasteiger partial charge is 0.253 e. The first-order valence-corrected chi connectivity index (χ1v) is 7.55. The summed E-state index contributed by atoms with van der Waals surface area (Å²) in [5, 5.41) is 0.428. The summed E-state index contributed by atoms with van der Waals surface area (Å²) in [5.41, 5.74) is 6.77. The van der Waals surface area contributed by atoms with Crippen molar-refractivity contribution in [3.8, 4) is 0 Å². The van der Waals surface area contributed by atoms with Gasteiger partial charge >= 0.3 is 0 Å². The Hall–Kier alpha value is -1.30. The molecule has 0 aromatic heterocycles. The van der Waals surface area contributed by atoms with E-state index in [1.807, 2.05) is 4.90 Å². The molecule has 5 nitrogen and oxygen atoms in total. The second kappa shape index (κ2) is 7.64. The first kappa shape index (κ1) is 16.1. The quantitative estimate of drug-likeness (QED) is 0.860. The number of anilines is 1. The second-order valence-electron chi connectivity index (χ2n) is 5.22. The van der Waals surface area contributed by atoms with Crippen LogP contribution in [0.25, 0.3) is 0 Å². The van der Waals surface area contributed by atoms with E-state index in [1.54, 1.807) is 25.3 Å². The Morgan fingerprint density at radius 1 is 1.33 bits per heavy atom. The third-order valence-corrected chi connectivity index (χ3v) is 4.06. The number of hydrogen-bond acceptors (Lipinski definition) is 4. The largest absolute Gasteiger partial charge is 0.398 e. The standard InChI is InChI=1S/C15H22ClN3O2/c1-21-10-9-18-5-2-6-19(8-7-18)15(20)12-3-4-14(17)13(16)11-12/h3-4,11H,2,5-10,17H2,1H3. The summed E-state index contributed by atoms with van der Waals surface area (Å²) in [6.07, 6.45) is 0.970. The highest BCUT2D eigenvalue weighted by Crippen LogP contribution is 2.21. The van der Waals surface area contributed by atoms with E-state index >= 15 is 0 Å². The number of halogens is 1. The predicted molar refractivity (Wildman–Crippen MR) is 84.7 cm³/mol. The molecule has 0 aliphatic carbocycles. The topological polar surface area (TPSA) is 58.8 Å². The second-order valence-corrected chi connectivity index (χ2v) is 5.62. The lowest BCUT2D eigenvalue weighted by Gasteiger charge is -2.22. The van der Waals surface area contributed by atoms with Crippen LogP contribution in [0.3, 0.4) is 0 Å². The van der Waals surface area contributed by atoms with E-state index in [-0.39, 0.29) is 5.91 Å². The summed E-state index contributed by atoms with van der Waals surface area (Å²) in [6, 6.07) is 5.06. The van der Waals surface area contributed by atoms with Crippen molar-refractivity contribution >= 4 is 23.2 Å². The predicted octanol–water partition coefficient (Wildman–Crippen LogP) is 1.72. The van der Waals surface area contributed by atoms with Gasteiger partial charge in [-0.05, 0) is 31.2 Å². The van der Waals surface area contributed by atoms with Gasteiger partial charge in [0.05, 0.1) is 17.3 Å². The Balaban J connectivity index is 1.98. The van der Waals surface area contributed by atoms with Crippen LogP contribution in [0.4, 0.5) is 5.69 Å². The minimum Gasteiger partial charge on any atom is -0.398 e. The molecule has 0 radical (unpaired) electrons. The van der Waals surface area contributed by atoms with Crippen LogP contribution in [0.15, 0.2) is 18.2 Å². The average molecular weight is 312 g/mol. The molecule has 1 aliphatic rings. The van der Waals surface area contributed by atoms with Crippen molar-refractivity contribution in [3.63, 3.8) is 0 Å². The first-order chi connectivity index (χ1) is 10.1. The summed E-state index contributed by atoms with van der Waals surface area (Å²) in [5.74, 6) is 0.0190. The fourth-order valence-corrected chi connectivity index (χ4v) is 2.64. The van der Waals surface area contributed by atoms with Gasteiger partial charge in [0.1, 0.15) is 0 Å². The number of carbonyl (C=O) groups excluding carboxylic acids is 1. The zero-order valence-corrected chi connectivity index (χ0v) is 13.1. The van der Waals surface area contributed by atoms with E-state index in [0.717, 1.165) is 45.8 Å². The third-order valence-electron chi connectivity index (χ3n) is 3.73. The van der Waals surface area contributed by atoms with E-state index in [9.17, 15) is 4.79 Å². The normalized spacial score (nSPS) is 16.8. The molecule has 0 atom stereocenters. The van der Waals surface area contributed by atoms with Gasteiger partial charge in [-0.2, -0.15) is 0 Å². The molecular weight excluding hydrogens is 290 g/mol. The van der Waals surface area contributed by atoms with Gasteiger partial charge in [-0.15, -0.1) is 0 Å². The highest BCUT2D eigenvalue weighted by Gasteiger charge is 2.20. The number of nitrogens with two attached hydrogens (primary N) is 1.